The molecular weight excluding hydrogens is 208 g/mol. The maximum atomic E-state index is 11.0. The molecule has 0 aliphatic rings. The monoisotopic (exact) mass is 224 g/mol. The van der Waals surface area contributed by atoms with E-state index in [1.54, 1.807) is 12.1 Å². The summed E-state index contributed by atoms with van der Waals surface area (Å²) in [7, 11) is 1.48. The van der Waals surface area contributed by atoms with E-state index in [1.165, 1.54) is 7.11 Å². The number of nitrogen functional groups attached to an aromatic ring is 1. The Morgan fingerprint density at radius 1 is 1.50 bits per heavy atom. The van der Waals surface area contributed by atoms with Crippen molar-refractivity contribution in [2.24, 2.45) is 0 Å². The number of benzene rings is 1. The number of carbonyl (C=O) groups excluding carboxylic acids is 1. The predicted octanol–water partition coefficient (Wildman–Crippen LogP) is 0.410. The van der Waals surface area contributed by atoms with Crippen LogP contribution in [0, 0.1) is 0 Å². The van der Waals surface area contributed by atoms with E-state index in [0.717, 1.165) is 0 Å². The standard InChI is InChI=1S/C11H16N2O3/c1-15-8-11(14)13-5-6-16-10-4-2-3-9(12)7-10/h2-4,7H,5-6,8,12H2,1H3,(H,13,14). The van der Waals surface area contributed by atoms with Crippen LogP contribution in [0.4, 0.5) is 5.69 Å². The molecule has 0 bridgehead atoms. The molecule has 0 aliphatic carbocycles. The van der Waals surface area contributed by atoms with E-state index < -0.39 is 0 Å². The van der Waals surface area contributed by atoms with Gasteiger partial charge in [0, 0.05) is 18.9 Å². The van der Waals surface area contributed by atoms with Crippen LogP contribution in [-0.4, -0.2) is 32.8 Å². The van der Waals surface area contributed by atoms with Crippen molar-refractivity contribution >= 4 is 11.6 Å². The number of hydrogen-bond acceptors (Lipinski definition) is 4. The largest absolute Gasteiger partial charge is 0.492 e. The van der Waals surface area contributed by atoms with Gasteiger partial charge >= 0.3 is 0 Å². The highest BCUT2D eigenvalue weighted by atomic mass is 16.5. The quantitative estimate of drug-likeness (QED) is 0.542. The van der Waals surface area contributed by atoms with Gasteiger partial charge in [-0.05, 0) is 12.1 Å². The van der Waals surface area contributed by atoms with Crippen molar-refractivity contribution in [3.8, 4) is 5.75 Å². The third-order valence-electron chi connectivity index (χ3n) is 1.83. The van der Waals surface area contributed by atoms with E-state index in [2.05, 4.69) is 10.1 Å². The Balaban J connectivity index is 2.18. The highest BCUT2D eigenvalue weighted by Crippen LogP contribution is 2.13. The first-order valence-electron chi connectivity index (χ1n) is 4.96. The highest BCUT2D eigenvalue weighted by molar-refractivity contribution is 5.77. The third-order valence-corrected chi connectivity index (χ3v) is 1.83. The number of rotatable bonds is 6. The number of amides is 1. The van der Waals surface area contributed by atoms with Crippen LogP contribution in [0.2, 0.25) is 0 Å². The second-order valence-corrected chi connectivity index (χ2v) is 3.20. The molecule has 3 N–H and O–H groups in total. The third kappa shape index (κ3) is 4.65. The van der Waals surface area contributed by atoms with Gasteiger partial charge in [-0.1, -0.05) is 6.07 Å². The second kappa shape index (κ2) is 6.68. The number of carbonyl (C=O) groups is 1. The molecule has 0 spiro atoms. The summed E-state index contributed by atoms with van der Waals surface area (Å²) in [4.78, 5) is 11.0. The minimum atomic E-state index is -0.154. The van der Waals surface area contributed by atoms with E-state index in [-0.39, 0.29) is 12.5 Å². The summed E-state index contributed by atoms with van der Waals surface area (Å²) < 4.78 is 10.0. The van der Waals surface area contributed by atoms with Crippen molar-refractivity contribution in [3.05, 3.63) is 24.3 Å². The minimum absolute atomic E-state index is 0.0677. The minimum Gasteiger partial charge on any atom is -0.492 e. The molecule has 88 valence electrons. The molecule has 1 amide bonds. The lowest BCUT2D eigenvalue weighted by Crippen LogP contribution is -2.30. The maximum absolute atomic E-state index is 11.0. The first kappa shape index (κ1) is 12.3. The number of ether oxygens (including phenoxy) is 2. The van der Waals surface area contributed by atoms with Gasteiger partial charge in [0.15, 0.2) is 0 Å². The molecule has 0 heterocycles. The fraction of sp³-hybridized carbons (Fsp3) is 0.364. The van der Waals surface area contributed by atoms with E-state index in [0.29, 0.717) is 24.6 Å². The lowest BCUT2D eigenvalue weighted by molar-refractivity contribution is -0.124. The van der Waals surface area contributed by atoms with Crippen LogP contribution < -0.4 is 15.8 Å². The topological polar surface area (TPSA) is 73.6 Å². The highest BCUT2D eigenvalue weighted by Gasteiger charge is 1.98. The van der Waals surface area contributed by atoms with Crippen LogP contribution in [0.1, 0.15) is 0 Å². The molecule has 0 saturated heterocycles. The van der Waals surface area contributed by atoms with Gasteiger partial charge < -0.3 is 20.5 Å². The van der Waals surface area contributed by atoms with Gasteiger partial charge in [-0.2, -0.15) is 0 Å². The van der Waals surface area contributed by atoms with Gasteiger partial charge in [0.25, 0.3) is 0 Å². The molecule has 0 fully saturated rings. The van der Waals surface area contributed by atoms with Gasteiger partial charge in [0.05, 0.1) is 6.54 Å². The van der Waals surface area contributed by atoms with Gasteiger partial charge in [-0.25, -0.2) is 0 Å². The number of nitrogens with one attached hydrogen (secondary N) is 1. The number of nitrogens with two attached hydrogens (primary N) is 1. The molecule has 1 aromatic carbocycles. The van der Waals surface area contributed by atoms with Crippen molar-refractivity contribution in [2.75, 3.05) is 32.6 Å². The molecular formula is C11H16N2O3. The van der Waals surface area contributed by atoms with Gasteiger partial charge in [0.2, 0.25) is 5.91 Å². The normalized spacial score (nSPS) is 9.81. The van der Waals surface area contributed by atoms with Crippen molar-refractivity contribution in [3.63, 3.8) is 0 Å². The zero-order valence-corrected chi connectivity index (χ0v) is 9.23. The first-order valence-corrected chi connectivity index (χ1v) is 4.96. The Morgan fingerprint density at radius 2 is 2.31 bits per heavy atom. The second-order valence-electron chi connectivity index (χ2n) is 3.20. The Bertz CT molecular complexity index is 342. The zero-order chi connectivity index (χ0) is 11.8. The van der Waals surface area contributed by atoms with E-state index in [9.17, 15) is 4.79 Å². The molecule has 0 aliphatic heterocycles. The van der Waals surface area contributed by atoms with Crippen LogP contribution >= 0.6 is 0 Å². The Morgan fingerprint density at radius 3 is 3.00 bits per heavy atom. The fourth-order valence-electron chi connectivity index (χ4n) is 1.15. The molecule has 0 aromatic heterocycles. The van der Waals surface area contributed by atoms with Crippen molar-refractivity contribution < 1.29 is 14.3 Å². The molecule has 0 saturated carbocycles. The lowest BCUT2D eigenvalue weighted by Gasteiger charge is -2.07. The zero-order valence-electron chi connectivity index (χ0n) is 9.23. The Labute approximate surface area is 94.5 Å². The van der Waals surface area contributed by atoms with Crippen LogP contribution in [0.3, 0.4) is 0 Å². The average molecular weight is 224 g/mol. The van der Waals surface area contributed by atoms with Crippen molar-refractivity contribution in [1.29, 1.82) is 0 Å². The predicted molar refractivity (Wildman–Crippen MR) is 61.2 cm³/mol. The summed E-state index contributed by atoms with van der Waals surface area (Å²) >= 11 is 0. The fourth-order valence-corrected chi connectivity index (χ4v) is 1.15. The number of hydrogen-bond donors (Lipinski definition) is 2. The number of methoxy groups -OCH3 is 1. The SMILES string of the molecule is COCC(=O)NCCOc1cccc(N)c1. The Hall–Kier alpha value is -1.75. The van der Waals surface area contributed by atoms with E-state index >= 15 is 0 Å². The van der Waals surface area contributed by atoms with E-state index in [4.69, 9.17) is 10.5 Å². The van der Waals surface area contributed by atoms with Gasteiger partial charge in [0.1, 0.15) is 19.0 Å². The van der Waals surface area contributed by atoms with Gasteiger partial charge in [-0.15, -0.1) is 0 Å². The molecule has 0 radical (unpaired) electrons. The summed E-state index contributed by atoms with van der Waals surface area (Å²) in [6.45, 7) is 0.911. The van der Waals surface area contributed by atoms with Gasteiger partial charge in [-0.3, -0.25) is 4.79 Å². The van der Waals surface area contributed by atoms with Crippen LogP contribution in [0.25, 0.3) is 0 Å². The van der Waals surface area contributed by atoms with Crippen molar-refractivity contribution in [1.82, 2.24) is 5.32 Å². The number of anilines is 1. The summed E-state index contributed by atoms with van der Waals surface area (Å²) in [5.74, 6) is 0.541. The molecule has 5 heteroatoms. The maximum Gasteiger partial charge on any atom is 0.246 e. The molecule has 1 rings (SSSR count). The summed E-state index contributed by atoms with van der Waals surface area (Å²) in [6, 6.07) is 7.14. The molecule has 0 unspecified atom stereocenters. The van der Waals surface area contributed by atoms with Crippen LogP contribution in [0.15, 0.2) is 24.3 Å². The molecule has 1 aromatic rings. The molecule has 5 nitrogen and oxygen atoms in total. The molecule has 16 heavy (non-hydrogen) atoms. The van der Waals surface area contributed by atoms with Crippen LogP contribution in [-0.2, 0) is 9.53 Å². The molecule has 0 atom stereocenters. The first-order chi connectivity index (χ1) is 7.72. The summed E-state index contributed by atoms with van der Waals surface area (Å²) in [5.41, 5.74) is 6.24. The lowest BCUT2D eigenvalue weighted by atomic mass is 10.3. The Kier molecular flexibility index (Phi) is 5.15. The average Bonchev–Trinajstić information content (AvgIpc) is 2.25. The van der Waals surface area contributed by atoms with Crippen LogP contribution in [0.5, 0.6) is 5.75 Å². The summed E-state index contributed by atoms with van der Waals surface area (Å²) in [6.07, 6.45) is 0. The van der Waals surface area contributed by atoms with E-state index in [1.807, 2.05) is 12.1 Å². The van der Waals surface area contributed by atoms with Crippen molar-refractivity contribution in [2.45, 2.75) is 0 Å². The smallest absolute Gasteiger partial charge is 0.246 e. The summed E-state index contributed by atoms with van der Waals surface area (Å²) in [5, 5.41) is 2.65.